The van der Waals surface area contributed by atoms with E-state index in [2.05, 4.69) is 24.0 Å². The SMILES string of the molecule is C[C@@H]1CN(c2nc(C3CC3)c(-c3cccc4c3CN(C)C4=O)cc2C#N)CCN1C(=O)C1CC1. The first kappa shape index (κ1) is 21.2. The summed E-state index contributed by atoms with van der Waals surface area (Å²) in [6, 6.07) is 10.3. The van der Waals surface area contributed by atoms with Crippen molar-refractivity contribution < 1.29 is 9.59 Å². The van der Waals surface area contributed by atoms with Gasteiger partial charge in [0.1, 0.15) is 11.9 Å². The Bertz CT molecular complexity index is 1240. The van der Waals surface area contributed by atoms with Gasteiger partial charge in [-0.05, 0) is 55.9 Å². The zero-order valence-electron chi connectivity index (χ0n) is 19.8. The molecule has 1 aromatic carbocycles. The number of benzene rings is 1. The van der Waals surface area contributed by atoms with Crippen molar-refractivity contribution in [2.45, 2.75) is 51.1 Å². The van der Waals surface area contributed by atoms with Crippen LogP contribution in [-0.4, -0.2) is 59.3 Å². The van der Waals surface area contributed by atoms with Gasteiger partial charge in [0.05, 0.1) is 11.3 Å². The minimum Gasteiger partial charge on any atom is -0.352 e. The van der Waals surface area contributed by atoms with E-state index < -0.39 is 0 Å². The van der Waals surface area contributed by atoms with Gasteiger partial charge in [-0.25, -0.2) is 4.98 Å². The highest BCUT2D eigenvalue weighted by Gasteiger charge is 2.38. The van der Waals surface area contributed by atoms with Gasteiger partial charge in [-0.2, -0.15) is 5.26 Å². The van der Waals surface area contributed by atoms with E-state index in [-0.39, 0.29) is 23.8 Å². The zero-order chi connectivity index (χ0) is 23.6. The van der Waals surface area contributed by atoms with Gasteiger partial charge >= 0.3 is 0 Å². The molecule has 1 aromatic heterocycles. The van der Waals surface area contributed by atoms with E-state index in [0.29, 0.717) is 37.7 Å². The minimum atomic E-state index is 0.0440. The molecule has 3 heterocycles. The second-order valence-electron chi connectivity index (χ2n) is 10.3. The van der Waals surface area contributed by atoms with Crippen LogP contribution < -0.4 is 4.90 Å². The Morgan fingerprint density at radius 2 is 1.88 bits per heavy atom. The average molecular weight is 456 g/mol. The monoisotopic (exact) mass is 455 g/mol. The van der Waals surface area contributed by atoms with Crippen LogP contribution in [0.4, 0.5) is 5.82 Å². The lowest BCUT2D eigenvalue weighted by Gasteiger charge is -2.41. The van der Waals surface area contributed by atoms with Crippen LogP contribution in [0.5, 0.6) is 0 Å². The van der Waals surface area contributed by atoms with Crippen molar-refractivity contribution in [3.63, 3.8) is 0 Å². The van der Waals surface area contributed by atoms with Crippen LogP contribution in [0.1, 0.15) is 65.7 Å². The summed E-state index contributed by atoms with van der Waals surface area (Å²) in [5.41, 5.74) is 5.36. The second kappa shape index (κ2) is 7.83. The number of hydrogen-bond acceptors (Lipinski definition) is 5. The third-order valence-electron chi connectivity index (χ3n) is 7.69. The van der Waals surface area contributed by atoms with Gasteiger partial charge in [0, 0.05) is 62.2 Å². The summed E-state index contributed by atoms with van der Waals surface area (Å²) >= 11 is 0. The van der Waals surface area contributed by atoms with Gasteiger partial charge in [-0.3, -0.25) is 9.59 Å². The maximum Gasteiger partial charge on any atom is 0.254 e. The molecule has 174 valence electrons. The number of hydrogen-bond donors (Lipinski definition) is 0. The smallest absolute Gasteiger partial charge is 0.254 e. The first-order chi connectivity index (χ1) is 16.5. The molecule has 2 aromatic rings. The Morgan fingerprint density at radius 1 is 1.12 bits per heavy atom. The van der Waals surface area contributed by atoms with Crippen LogP contribution >= 0.6 is 0 Å². The Hall–Kier alpha value is -3.40. The predicted molar refractivity (Wildman–Crippen MR) is 128 cm³/mol. The van der Waals surface area contributed by atoms with Gasteiger partial charge in [0.25, 0.3) is 5.91 Å². The number of aromatic nitrogens is 1. The Morgan fingerprint density at radius 3 is 2.56 bits per heavy atom. The molecular formula is C27H29N5O2. The van der Waals surface area contributed by atoms with Crippen molar-refractivity contribution in [3.8, 4) is 17.2 Å². The third-order valence-corrected chi connectivity index (χ3v) is 7.69. The molecule has 4 aliphatic rings. The molecule has 2 aliphatic carbocycles. The van der Waals surface area contributed by atoms with Gasteiger partial charge in [-0.15, -0.1) is 0 Å². The Kier molecular flexibility index (Phi) is 4.87. The molecule has 2 amide bonds. The van der Waals surface area contributed by atoms with Crippen LogP contribution in [0.25, 0.3) is 11.1 Å². The molecule has 1 atom stereocenters. The molecule has 0 spiro atoms. The molecule has 34 heavy (non-hydrogen) atoms. The van der Waals surface area contributed by atoms with Gasteiger partial charge in [-0.1, -0.05) is 12.1 Å². The molecule has 0 radical (unpaired) electrons. The molecule has 6 rings (SSSR count). The Labute approximate surface area is 200 Å². The van der Waals surface area contributed by atoms with Crippen molar-refractivity contribution in [1.29, 1.82) is 5.26 Å². The molecule has 7 heteroatoms. The van der Waals surface area contributed by atoms with E-state index in [4.69, 9.17) is 4.98 Å². The number of nitriles is 1. The quantitative estimate of drug-likeness (QED) is 0.705. The highest BCUT2D eigenvalue weighted by Crippen LogP contribution is 2.46. The minimum absolute atomic E-state index is 0.0440. The van der Waals surface area contributed by atoms with Crippen LogP contribution in [0.2, 0.25) is 0 Å². The summed E-state index contributed by atoms with van der Waals surface area (Å²) in [7, 11) is 1.82. The number of piperazine rings is 1. The van der Waals surface area contributed by atoms with Gasteiger partial charge in [0.15, 0.2) is 0 Å². The number of pyridine rings is 1. The summed E-state index contributed by atoms with van der Waals surface area (Å²) in [5.74, 6) is 1.68. The summed E-state index contributed by atoms with van der Waals surface area (Å²) in [6.07, 6.45) is 4.23. The van der Waals surface area contributed by atoms with Crippen LogP contribution in [0, 0.1) is 17.2 Å². The summed E-state index contributed by atoms with van der Waals surface area (Å²) in [5, 5.41) is 10.1. The number of amides is 2. The van der Waals surface area contributed by atoms with E-state index in [1.807, 2.05) is 30.1 Å². The normalized spacial score (nSPS) is 22.1. The molecule has 0 bridgehead atoms. The number of carbonyl (C=O) groups excluding carboxylic acids is 2. The standard InChI is InChI=1S/C27H29N5O2/c1-16-14-31(10-11-32(16)26(33)18-8-9-18)25-19(13-28)12-22(24(29-25)17-6-7-17)20-4-3-5-21-23(20)15-30(2)27(21)34/h3-5,12,16-18H,6-11,14-15H2,1-2H3/t16-/m1/s1. The maximum absolute atomic E-state index is 12.6. The number of anilines is 1. The highest BCUT2D eigenvalue weighted by atomic mass is 16.2. The summed E-state index contributed by atoms with van der Waals surface area (Å²) in [6.45, 7) is 4.71. The lowest BCUT2D eigenvalue weighted by molar-refractivity contribution is -0.134. The van der Waals surface area contributed by atoms with Crippen molar-refractivity contribution >= 4 is 17.6 Å². The Balaban J connectivity index is 1.38. The fourth-order valence-electron chi connectivity index (χ4n) is 5.49. The number of rotatable bonds is 4. The number of carbonyl (C=O) groups is 2. The molecule has 0 N–H and O–H groups in total. The van der Waals surface area contributed by atoms with Gasteiger partial charge < -0.3 is 14.7 Å². The fourth-order valence-corrected chi connectivity index (χ4v) is 5.49. The highest BCUT2D eigenvalue weighted by molar-refractivity contribution is 6.00. The fraction of sp³-hybridized carbons (Fsp3) is 0.481. The maximum atomic E-state index is 12.6. The summed E-state index contributed by atoms with van der Waals surface area (Å²) < 4.78 is 0. The van der Waals surface area contributed by atoms with Crippen molar-refractivity contribution in [3.05, 3.63) is 46.6 Å². The van der Waals surface area contributed by atoms with Crippen molar-refractivity contribution in [2.75, 3.05) is 31.6 Å². The second-order valence-corrected chi connectivity index (χ2v) is 10.3. The van der Waals surface area contributed by atoms with E-state index in [9.17, 15) is 14.9 Å². The van der Waals surface area contributed by atoms with Gasteiger partial charge in [0.2, 0.25) is 5.91 Å². The lowest BCUT2D eigenvalue weighted by atomic mass is 9.93. The van der Waals surface area contributed by atoms with E-state index >= 15 is 0 Å². The number of fused-ring (bicyclic) bond motifs is 1. The molecular weight excluding hydrogens is 426 g/mol. The number of nitrogens with zero attached hydrogens (tertiary/aromatic N) is 5. The molecule has 7 nitrogen and oxygen atoms in total. The van der Waals surface area contributed by atoms with E-state index in [1.165, 1.54) is 0 Å². The van der Waals surface area contributed by atoms with Crippen LogP contribution in [0.15, 0.2) is 24.3 Å². The predicted octanol–water partition coefficient (Wildman–Crippen LogP) is 3.53. The van der Waals surface area contributed by atoms with E-state index in [0.717, 1.165) is 59.4 Å². The first-order valence-corrected chi connectivity index (χ1v) is 12.3. The third kappa shape index (κ3) is 3.44. The van der Waals surface area contributed by atoms with Crippen molar-refractivity contribution in [2.24, 2.45) is 5.92 Å². The molecule has 2 aliphatic heterocycles. The first-order valence-electron chi connectivity index (χ1n) is 12.3. The van der Waals surface area contributed by atoms with Crippen LogP contribution in [-0.2, 0) is 11.3 Å². The zero-order valence-corrected chi connectivity index (χ0v) is 19.8. The van der Waals surface area contributed by atoms with E-state index in [1.54, 1.807) is 4.90 Å². The lowest BCUT2D eigenvalue weighted by Crippen LogP contribution is -2.54. The average Bonchev–Trinajstić information content (AvgIpc) is 3.76. The van der Waals surface area contributed by atoms with Crippen molar-refractivity contribution in [1.82, 2.24) is 14.8 Å². The molecule has 1 saturated heterocycles. The molecule has 3 fully saturated rings. The van der Waals surface area contributed by atoms with Crippen LogP contribution in [0.3, 0.4) is 0 Å². The molecule has 2 saturated carbocycles. The molecule has 0 unspecified atom stereocenters. The topological polar surface area (TPSA) is 80.5 Å². The largest absolute Gasteiger partial charge is 0.352 e. The summed E-state index contributed by atoms with van der Waals surface area (Å²) in [4.78, 5) is 36.3.